The molecular weight excluding hydrogens is 458 g/mol. The van der Waals surface area contributed by atoms with Crippen LogP contribution in [-0.2, 0) is 11.2 Å². The highest BCUT2D eigenvalue weighted by Crippen LogP contribution is 2.23. The lowest BCUT2D eigenvalue weighted by Crippen LogP contribution is -2.45. The first kappa shape index (κ1) is 23.7. The maximum atomic E-state index is 13.0. The van der Waals surface area contributed by atoms with Gasteiger partial charge in [-0.05, 0) is 62.6 Å². The Morgan fingerprint density at radius 1 is 1.26 bits per heavy atom. The van der Waals surface area contributed by atoms with Gasteiger partial charge < -0.3 is 16.4 Å². The summed E-state index contributed by atoms with van der Waals surface area (Å²) in [5.74, 6) is 0.436. The number of nitrogens with two attached hydrogens (primary N) is 1. The van der Waals surface area contributed by atoms with E-state index in [1.54, 1.807) is 12.1 Å². The maximum Gasteiger partial charge on any atom is 0.222 e. The molecule has 1 aliphatic carbocycles. The Kier molecular flexibility index (Phi) is 10.6. The van der Waals surface area contributed by atoms with Gasteiger partial charge in [0.15, 0.2) is 5.96 Å². The van der Waals surface area contributed by atoms with Gasteiger partial charge in [-0.2, -0.15) is 0 Å². The number of rotatable bonds is 7. The fraction of sp³-hybridized carbons (Fsp3) is 0.600. The molecule has 27 heavy (non-hydrogen) atoms. The highest BCUT2D eigenvalue weighted by molar-refractivity contribution is 14.0. The summed E-state index contributed by atoms with van der Waals surface area (Å²) in [6.45, 7) is 5.38. The number of hydrogen-bond acceptors (Lipinski definition) is 2. The molecule has 1 saturated carbocycles. The van der Waals surface area contributed by atoms with Crippen molar-refractivity contribution in [1.29, 1.82) is 0 Å². The van der Waals surface area contributed by atoms with Crippen molar-refractivity contribution in [3.05, 3.63) is 35.6 Å². The first-order valence-corrected chi connectivity index (χ1v) is 9.56. The summed E-state index contributed by atoms with van der Waals surface area (Å²) in [4.78, 5) is 16.4. The van der Waals surface area contributed by atoms with Crippen LogP contribution in [0.2, 0.25) is 0 Å². The minimum atomic E-state index is -0.415. The van der Waals surface area contributed by atoms with Crippen LogP contribution in [0.25, 0.3) is 0 Å². The lowest BCUT2D eigenvalue weighted by atomic mass is 9.87. The number of carbonyl (C=O) groups excluding carboxylic acids is 1. The molecule has 0 saturated heterocycles. The minimum Gasteiger partial charge on any atom is -0.369 e. The van der Waals surface area contributed by atoms with E-state index in [0.29, 0.717) is 19.0 Å². The molecule has 1 aliphatic rings. The molecule has 1 aromatic carbocycles. The summed E-state index contributed by atoms with van der Waals surface area (Å²) in [6.07, 6.45) is 5.19. The van der Waals surface area contributed by atoms with Gasteiger partial charge in [-0.1, -0.05) is 19.1 Å². The number of benzene rings is 1. The number of nitrogens with one attached hydrogen (secondary N) is 2. The predicted octanol–water partition coefficient (Wildman–Crippen LogP) is 3.22. The highest BCUT2D eigenvalue weighted by Gasteiger charge is 2.20. The zero-order chi connectivity index (χ0) is 18.9. The molecule has 4 N–H and O–H groups in total. The van der Waals surface area contributed by atoms with Crippen molar-refractivity contribution >= 4 is 35.8 Å². The number of halogens is 2. The van der Waals surface area contributed by atoms with Crippen molar-refractivity contribution in [3.8, 4) is 0 Å². The maximum absolute atomic E-state index is 13.0. The van der Waals surface area contributed by atoms with E-state index in [4.69, 9.17) is 5.73 Å². The molecule has 0 bridgehead atoms. The van der Waals surface area contributed by atoms with E-state index in [1.807, 2.05) is 6.92 Å². The lowest BCUT2D eigenvalue weighted by molar-refractivity contribution is -0.121. The van der Waals surface area contributed by atoms with Gasteiger partial charge in [0.05, 0.1) is 12.5 Å². The van der Waals surface area contributed by atoms with Crippen LogP contribution >= 0.6 is 24.0 Å². The summed E-state index contributed by atoms with van der Waals surface area (Å²) in [5, 5.41) is 6.72. The number of aliphatic imine (C=N–C) groups is 1. The lowest BCUT2D eigenvalue weighted by Gasteiger charge is -2.28. The molecule has 1 atom stereocenters. The van der Waals surface area contributed by atoms with Crippen molar-refractivity contribution in [3.63, 3.8) is 0 Å². The second-order valence-corrected chi connectivity index (χ2v) is 7.25. The molecule has 5 nitrogen and oxygen atoms in total. The number of carbonyl (C=O) groups is 1. The van der Waals surface area contributed by atoms with Crippen LogP contribution in [0.15, 0.2) is 29.3 Å². The largest absolute Gasteiger partial charge is 0.369 e. The van der Waals surface area contributed by atoms with Crippen LogP contribution in [0, 0.1) is 17.7 Å². The van der Waals surface area contributed by atoms with Crippen molar-refractivity contribution in [2.75, 3.05) is 13.1 Å². The molecule has 1 amide bonds. The molecule has 0 radical (unpaired) electrons. The molecule has 0 spiro atoms. The number of primary amides is 1. The summed E-state index contributed by atoms with van der Waals surface area (Å²) in [7, 11) is 0. The number of guanidine groups is 1. The van der Waals surface area contributed by atoms with Crippen LogP contribution in [0.5, 0.6) is 0 Å². The zero-order valence-electron chi connectivity index (χ0n) is 16.2. The number of hydrogen-bond donors (Lipinski definition) is 3. The third-order valence-corrected chi connectivity index (χ3v) is 4.97. The van der Waals surface area contributed by atoms with Crippen molar-refractivity contribution in [1.82, 2.24) is 10.6 Å². The van der Waals surface area contributed by atoms with E-state index < -0.39 is 5.92 Å². The topological polar surface area (TPSA) is 79.5 Å². The van der Waals surface area contributed by atoms with Gasteiger partial charge in [0.2, 0.25) is 5.91 Å². The summed E-state index contributed by atoms with van der Waals surface area (Å²) >= 11 is 0. The van der Waals surface area contributed by atoms with Gasteiger partial charge in [0.1, 0.15) is 5.82 Å². The fourth-order valence-corrected chi connectivity index (χ4v) is 3.28. The first-order chi connectivity index (χ1) is 12.5. The van der Waals surface area contributed by atoms with Gasteiger partial charge in [-0.15, -0.1) is 24.0 Å². The first-order valence-electron chi connectivity index (χ1n) is 9.56. The summed E-state index contributed by atoms with van der Waals surface area (Å²) in [6, 6.07) is 6.58. The number of amides is 1. The van der Waals surface area contributed by atoms with E-state index in [2.05, 4.69) is 22.5 Å². The summed E-state index contributed by atoms with van der Waals surface area (Å²) < 4.78 is 13.0. The molecule has 0 aliphatic heterocycles. The quantitative estimate of drug-likeness (QED) is 0.312. The molecule has 152 valence electrons. The standard InChI is InChI=1S/C20H31FN4O.HI/c1-3-23-20(25-18-10-4-14(2)5-11-18)24-13-16(19(22)26)12-15-6-8-17(21)9-7-15;/h6-9,14,16,18H,3-5,10-13H2,1-2H3,(H2,22,26)(H2,23,24,25);1H. The minimum absolute atomic E-state index is 0. The monoisotopic (exact) mass is 490 g/mol. The Morgan fingerprint density at radius 3 is 2.44 bits per heavy atom. The molecule has 1 aromatic rings. The van der Waals surface area contributed by atoms with Gasteiger partial charge >= 0.3 is 0 Å². The third kappa shape index (κ3) is 8.45. The van der Waals surface area contributed by atoms with Crippen molar-refractivity contribution < 1.29 is 9.18 Å². The van der Waals surface area contributed by atoms with Crippen molar-refractivity contribution in [2.45, 2.75) is 52.0 Å². The van der Waals surface area contributed by atoms with Crippen LogP contribution in [0.3, 0.4) is 0 Å². The smallest absolute Gasteiger partial charge is 0.222 e. The molecule has 2 rings (SSSR count). The van der Waals surface area contributed by atoms with Crippen LogP contribution < -0.4 is 16.4 Å². The van der Waals surface area contributed by atoms with Gasteiger partial charge in [-0.3, -0.25) is 9.79 Å². The molecule has 1 fully saturated rings. The van der Waals surface area contributed by atoms with Gasteiger partial charge in [-0.25, -0.2) is 4.39 Å². The third-order valence-electron chi connectivity index (χ3n) is 4.97. The summed E-state index contributed by atoms with van der Waals surface area (Å²) in [5.41, 5.74) is 6.43. The van der Waals surface area contributed by atoms with E-state index in [9.17, 15) is 9.18 Å². The highest BCUT2D eigenvalue weighted by atomic mass is 127. The van der Waals surface area contributed by atoms with E-state index in [1.165, 1.54) is 25.0 Å². The number of nitrogens with zero attached hydrogens (tertiary/aromatic N) is 1. The van der Waals surface area contributed by atoms with Crippen molar-refractivity contribution in [2.24, 2.45) is 22.6 Å². The van der Waals surface area contributed by atoms with Crippen LogP contribution in [0.1, 0.15) is 45.1 Å². The van der Waals surface area contributed by atoms with Gasteiger partial charge in [0, 0.05) is 12.6 Å². The Labute approximate surface area is 178 Å². The van der Waals surface area contributed by atoms with Crippen LogP contribution in [-0.4, -0.2) is 31.0 Å². The average molecular weight is 490 g/mol. The molecule has 0 aromatic heterocycles. The fourth-order valence-electron chi connectivity index (χ4n) is 3.28. The van der Waals surface area contributed by atoms with Gasteiger partial charge in [0.25, 0.3) is 0 Å². The van der Waals surface area contributed by atoms with Crippen LogP contribution in [0.4, 0.5) is 4.39 Å². The molecular formula is C20H32FIN4O. The Bertz CT molecular complexity index is 601. The Balaban J connectivity index is 0.00000364. The molecule has 7 heteroatoms. The second kappa shape index (κ2) is 12.2. The van der Waals surface area contributed by atoms with E-state index >= 15 is 0 Å². The zero-order valence-corrected chi connectivity index (χ0v) is 18.5. The predicted molar refractivity (Wildman–Crippen MR) is 119 cm³/mol. The molecule has 0 heterocycles. The SMILES string of the molecule is CCNC(=NCC(Cc1ccc(F)cc1)C(N)=O)NC1CCC(C)CC1.I. The second-order valence-electron chi connectivity index (χ2n) is 7.25. The Morgan fingerprint density at radius 2 is 1.89 bits per heavy atom. The van der Waals surface area contributed by atoms with E-state index in [0.717, 1.165) is 36.8 Å². The molecule has 1 unspecified atom stereocenters. The normalized spacial score (nSPS) is 21.1. The van der Waals surface area contributed by atoms with E-state index in [-0.39, 0.29) is 35.7 Å². The average Bonchev–Trinajstić information content (AvgIpc) is 2.62. The Hall–Kier alpha value is -1.38.